The predicted octanol–water partition coefficient (Wildman–Crippen LogP) is 1.20. The molecule has 2 saturated heterocycles. The van der Waals surface area contributed by atoms with Gasteiger partial charge in [0.05, 0.1) is 30.7 Å². The van der Waals surface area contributed by atoms with Crippen LogP contribution in [0.5, 0.6) is 0 Å². The highest BCUT2D eigenvalue weighted by Gasteiger charge is 2.42. The second-order valence-electron chi connectivity index (χ2n) is 8.23. The number of rotatable bonds is 5. The molecule has 2 aromatic rings. The Hall–Kier alpha value is -2.84. The Morgan fingerprint density at radius 2 is 2.10 bits per heavy atom. The molecule has 29 heavy (non-hydrogen) atoms. The monoisotopic (exact) mass is 397 g/mol. The molecule has 0 saturated carbocycles. The second kappa shape index (κ2) is 8.26. The van der Waals surface area contributed by atoms with Crippen molar-refractivity contribution in [2.75, 3.05) is 19.6 Å². The fourth-order valence-corrected chi connectivity index (χ4v) is 4.41. The number of hydrogen-bond donors (Lipinski definition) is 0. The Morgan fingerprint density at radius 3 is 2.86 bits per heavy atom. The summed E-state index contributed by atoms with van der Waals surface area (Å²) in [6.45, 7) is 5.09. The van der Waals surface area contributed by atoms with Gasteiger partial charge in [0.2, 0.25) is 11.8 Å². The number of carbonyl (C=O) groups is 2. The van der Waals surface area contributed by atoms with Gasteiger partial charge in [-0.1, -0.05) is 0 Å². The number of nitrogens with zero attached hydrogens (tertiary/aromatic N) is 7. The van der Waals surface area contributed by atoms with Gasteiger partial charge in [-0.2, -0.15) is 5.10 Å². The van der Waals surface area contributed by atoms with Crippen molar-refractivity contribution in [2.24, 2.45) is 5.41 Å². The zero-order valence-corrected chi connectivity index (χ0v) is 16.8. The molecule has 4 rings (SSSR count). The lowest BCUT2D eigenvalue weighted by molar-refractivity contribution is -0.143. The van der Waals surface area contributed by atoms with E-state index in [9.17, 15) is 9.59 Å². The van der Waals surface area contributed by atoms with Gasteiger partial charge in [0, 0.05) is 44.1 Å². The molecular weight excluding hydrogens is 370 g/mol. The van der Waals surface area contributed by atoms with Gasteiger partial charge < -0.3 is 9.80 Å². The summed E-state index contributed by atoms with van der Waals surface area (Å²) in [5.74, 6) is 0.306. The maximum absolute atomic E-state index is 12.8. The van der Waals surface area contributed by atoms with Crippen LogP contribution in [0.15, 0.2) is 25.0 Å². The highest BCUT2D eigenvalue weighted by Crippen LogP contribution is 2.39. The van der Waals surface area contributed by atoms with E-state index >= 15 is 0 Å². The lowest BCUT2D eigenvalue weighted by Gasteiger charge is -2.48. The zero-order valence-electron chi connectivity index (χ0n) is 16.8. The first-order valence-electron chi connectivity index (χ1n) is 10.2. The van der Waals surface area contributed by atoms with Crippen LogP contribution in [0.25, 0.3) is 0 Å². The molecule has 0 aromatic carbocycles. The van der Waals surface area contributed by atoms with Crippen LogP contribution in [0.1, 0.15) is 43.5 Å². The van der Waals surface area contributed by atoms with Crippen molar-refractivity contribution < 1.29 is 9.59 Å². The molecule has 9 nitrogen and oxygen atoms in total. The normalized spacial score (nSPS) is 22.3. The molecule has 2 amide bonds. The third kappa shape index (κ3) is 4.60. The van der Waals surface area contributed by atoms with Crippen LogP contribution >= 0.6 is 0 Å². The van der Waals surface area contributed by atoms with Crippen molar-refractivity contribution in [1.82, 2.24) is 34.5 Å². The van der Waals surface area contributed by atoms with Crippen LogP contribution < -0.4 is 0 Å². The van der Waals surface area contributed by atoms with Crippen molar-refractivity contribution in [3.63, 3.8) is 0 Å². The van der Waals surface area contributed by atoms with Crippen molar-refractivity contribution >= 4 is 11.8 Å². The zero-order chi connectivity index (χ0) is 20.3. The highest BCUT2D eigenvalue weighted by molar-refractivity contribution is 5.78. The number of aromatic nitrogens is 5. The number of aryl methyl sites for hydroxylation is 2. The van der Waals surface area contributed by atoms with Crippen molar-refractivity contribution in [3.8, 4) is 0 Å². The summed E-state index contributed by atoms with van der Waals surface area (Å²) >= 11 is 0. The molecule has 0 N–H and O–H groups in total. The van der Waals surface area contributed by atoms with E-state index in [0.717, 1.165) is 37.2 Å². The van der Waals surface area contributed by atoms with E-state index in [2.05, 4.69) is 20.1 Å². The number of piperidine rings is 2. The number of amides is 2. The minimum atomic E-state index is -0.0206. The first kappa shape index (κ1) is 19.5. The molecule has 0 aliphatic carbocycles. The van der Waals surface area contributed by atoms with Crippen molar-refractivity contribution in [2.45, 2.75) is 52.1 Å². The Kier molecular flexibility index (Phi) is 5.55. The standard InChI is InChI=1S/C20H27N7O2/c1-16-9-23-17(10-22-16)11-26-13-20(6-3-18(26)28)5-2-7-25(12-20)19(29)4-8-27-15-21-14-24-27/h9-10,14-15H,2-8,11-13H2,1H3/t20-/m1/s1. The molecule has 2 aliphatic heterocycles. The smallest absolute Gasteiger partial charge is 0.224 e. The Bertz CT molecular complexity index is 852. The second-order valence-corrected chi connectivity index (χ2v) is 8.23. The van der Waals surface area contributed by atoms with Crippen LogP contribution in [0.3, 0.4) is 0 Å². The third-order valence-corrected chi connectivity index (χ3v) is 5.97. The van der Waals surface area contributed by atoms with E-state index in [1.165, 1.54) is 6.33 Å². The van der Waals surface area contributed by atoms with E-state index in [4.69, 9.17) is 0 Å². The summed E-state index contributed by atoms with van der Waals surface area (Å²) in [6.07, 6.45) is 10.4. The first-order valence-corrected chi connectivity index (χ1v) is 10.2. The largest absolute Gasteiger partial charge is 0.342 e. The summed E-state index contributed by atoms with van der Waals surface area (Å²) in [4.78, 5) is 41.7. The maximum Gasteiger partial charge on any atom is 0.224 e. The fourth-order valence-electron chi connectivity index (χ4n) is 4.41. The average Bonchev–Trinajstić information content (AvgIpc) is 3.25. The maximum atomic E-state index is 12.8. The van der Waals surface area contributed by atoms with E-state index in [1.54, 1.807) is 23.4 Å². The Labute approximate surface area is 170 Å². The van der Waals surface area contributed by atoms with Gasteiger partial charge in [-0.3, -0.25) is 24.2 Å². The van der Waals surface area contributed by atoms with E-state index < -0.39 is 0 Å². The molecule has 1 spiro atoms. The third-order valence-electron chi connectivity index (χ3n) is 5.97. The van der Waals surface area contributed by atoms with Crippen LogP contribution in [0.2, 0.25) is 0 Å². The molecule has 4 heterocycles. The number of carbonyl (C=O) groups excluding carboxylic acids is 2. The molecule has 2 fully saturated rings. The summed E-state index contributed by atoms with van der Waals surface area (Å²) in [7, 11) is 0. The molecule has 9 heteroatoms. The van der Waals surface area contributed by atoms with Crippen LogP contribution in [0.4, 0.5) is 0 Å². The lowest BCUT2D eigenvalue weighted by atomic mass is 9.73. The molecule has 0 radical (unpaired) electrons. The molecule has 2 aliphatic rings. The Balaban J connectivity index is 1.39. The van der Waals surface area contributed by atoms with Crippen molar-refractivity contribution in [3.05, 3.63) is 36.4 Å². The number of likely N-dealkylation sites (tertiary alicyclic amines) is 2. The summed E-state index contributed by atoms with van der Waals surface area (Å²) in [5, 5.41) is 4.06. The van der Waals surface area contributed by atoms with Crippen molar-refractivity contribution in [1.29, 1.82) is 0 Å². The minimum Gasteiger partial charge on any atom is -0.342 e. The highest BCUT2D eigenvalue weighted by atomic mass is 16.2. The summed E-state index contributed by atoms with van der Waals surface area (Å²) < 4.78 is 1.68. The fraction of sp³-hybridized carbons (Fsp3) is 0.600. The van der Waals surface area contributed by atoms with Gasteiger partial charge >= 0.3 is 0 Å². The van der Waals surface area contributed by atoms with Crippen LogP contribution in [-0.4, -0.2) is 66.0 Å². The predicted molar refractivity (Wildman–Crippen MR) is 104 cm³/mol. The minimum absolute atomic E-state index is 0.0206. The number of hydrogen-bond acceptors (Lipinski definition) is 6. The van der Waals surface area contributed by atoms with Gasteiger partial charge in [0.15, 0.2) is 0 Å². The van der Waals surface area contributed by atoms with E-state index in [1.807, 2.05) is 16.7 Å². The average molecular weight is 397 g/mol. The topological polar surface area (TPSA) is 97.1 Å². The lowest BCUT2D eigenvalue weighted by Crippen LogP contribution is -2.54. The van der Waals surface area contributed by atoms with Crippen LogP contribution in [0, 0.1) is 12.3 Å². The van der Waals surface area contributed by atoms with Crippen LogP contribution in [-0.2, 0) is 22.7 Å². The van der Waals surface area contributed by atoms with E-state index in [0.29, 0.717) is 39.0 Å². The van der Waals surface area contributed by atoms with Gasteiger partial charge in [-0.15, -0.1) is 0 Å². The molecule has 2 aromatic heterocycles. The first-order chi connectivity index (χ1) is 14.0. The van der Waals surface area contributed by atoms with Gasteiger partial charge in [-0.25, -0.2) is 4.98 Å². The van der Waals surface area contributed by atoms with Gasteiger partial charge in [0.1, 0.15) is 12.7 Å². The summed E-state index contributed by atoms with van der Waals surface area (Å²) in [6, 6.07) is 0. The quantitative estimate of drug-likeness (QED) is 0.752. The SMILES string of the molecule is Cc1cnc(CN2C[C@]3(CCCN(C(=O)CCn4cncn4)C3)CCC2=O)cn1. The molecule has 1 atom stereocenters. The molecule has 154 valence electrons. The van der Waals surface area contributed by atoms with Gasteiger partial charge in [-0.05, 0) is 26.2 Å². The molecule has 0 bridgehead atoms. The van der Waals surface area contributed by atoms with E-state index in [-0.39, 0.29) is 17.2 Å². The summed E-state index contributed by atoms with van der Waals surface area (Å²) in [5.41, 5.74) is 1.65. The molecular formula is C20H27N7O2. The van der Waals surface area contributed by atoms with Gasteiger partial charge in [0.25, 0.3) is 0 Å². The Morgan fingerprint density at radius 1 is 1.21 bits per heavy atom. The molecule has 0 unspecified atom stereocenters.